The normalized spacial score (nSPS) is 25.2. The van der Waals surface area contributed by atoms with Crippen LogP contribution in [0.25, 0.3) is 0 Å². The molecule has 122 valence electrons. The molecule has 0 fully saturated rings. The summed E-state index contributed by atoms with van der Waals surface area (Å²) in [4.78, 5) is 4.66. The van der Waals surface area contributed by atoms with Crippen LogP contribution in [-0.4, -0.2) is 48.2 Å². The minimum absolute atomic E-state index is 0.269. The van der Waals surface area contributed by atoms with Crippen molar-refractivity contribution in [3.63, 3.8) is 0 Å². The average Bonchev–Trinajstić information content (AvgIpc) is 2.89. The number of hydrogen-bond donors (Lipinski definition) is 1. The molecule has 0 bridgehead atoms. The van der Waals surface area contributed by atoms with Crippen LogP contribution in [0, 0.1) is 0 Å². The first-order valence-electron chi connectivity index (χ1n) is 8.92. The number of hydrogen-bond acceptors (Lipinski definition) is 2. The van der Waals surface area contributed by atoms with Crippen LogP contribution in [0.1, 0.15) is 65.2 Å². The molecule has 0 saturated carbocycles. The Morgan fingerprint density at radius 2 is 1.90 bits per heavy atom. The number of nitrogens with zero attached hydrogens (tertiary/aromatic N) is 2. The molecule has 0 amide bonds. The fourth-order valence-corrected chi connectivity index (χ4v) is 3.22. The molecule has 0 spiro atoms. The second-order valence-electron chi connectivity index (χ2n) is 6.23. The van der Waals surface area contributed by atoms with Crippen LogP contribution in [-0.2, 0) is 0 Å². The quantitative estimate of drug-likeness (QED) is 0.330. The third kappa shape index (κ3) is 6.31. The molecule has 3 heteroatoms. The highest BCUT2D eigenvalue weighted by Crippen LogP contribution is 2.23. The Morgan fingerprint density at radius 1 is 1.14 bits per heavy atom. The van der Waals surface area contributed by atoms with E-state index in [1.807, 2.05) is 0 Å². The van der Waals surface area contributed by atoms with Crippen molar-refractivity contribution in [1.29, 1.82) is 0 Å². The summed E-state index contributed by atoms with van der Waals surface area (Å²) in [7, 11) is 0. The Morgan fingerprint density at radius 3 is 2.57 bits per heavy atom. The number of aliphatic hydroxyl groups is 1. The van der Waals surface area contributed by atoms with Gasteiger partial charge in [0.25, 0.3) is 0 Å². The van der Waals surface area contributed by atoms with Crippen LogP contribution >= 0.6 is 0 Å². The zero-order valence-electron chi connectivity index (χ0n) is 14.1. The molecule has 0 aromatic carbocycles. The number of quaternary nitrogens is 1. The lowest BCUT2D eigenvalue weighted by Gasteiger charge is -2.37. The summed E-state index contributed by atoms with van der Waals surface area (Å²) in [5.41, 5.74) is 0. The summed E-state index contributed by atoms with van der Waals surface area (Å²) >= 11 is 0. The Bertz CT molecular complexity index is 314. The topological polar surface area (TPSA) is 32.6 Å². The predicted octanol–water partition coefficient (Wildman–Crippen LogP) is 3.92. The second kappa shape index (κ2) is 11.0. The van der Waals surface area contributed by atoms with Crippen molar-refractivity contribution in [2.45, 2.75) is 71.4 Å². The Balaban J connectivity index is 2.16. The first-order valence-corrected chi connectivity index (χ1v) is 8.92. The van der Waals surface area contributed by atoms with Crippen molar-refractivity contribution in [3.05, 3.63) is 12.2 Å². The van der Waals surface area contributed by atoms with Crippen molar-refractivity contribution in [3.8, 4) is 0 Å². The molecule has 1 heterocycles. The molecule has 0 saturated heterocycles. The summed E-state index contributed by atoms with van der Waals surface area (Å²) < 4.78 is 0.956. The Kier molecular flexibility index (Phi) is 9.60. The van der Waals surface area contributed by atoms with Gasteiger partial charge >= 0.3 is 0 Å². The molecule has 0 aromatic rings. The van der Waals surface area contributed by atoms with Gasteiger partial charge in [0.05, 0.1) is 19.4 Å². The number of unbranched alkanes of at least 4 members (excludes halogenated alkanes) is 5. The van der Waals surface area contributed by atoms with Gasteiger partial charge < -0.3 is 5.11 Å². The van der Waals surface area contributed by atoms with Crippen molar-refractivity contribution in [2.75, 3.05) is 26.2 Å². The zero-order valence-corrected chi connectivity index (χ0v) is 14.1. The maximum Gasteiger partial charge on any atom is 0.182 e. The third-order valence-corrected chi connectivity index (χ3v) is 4.75. The Labute approximate surface area is 131 Å². The number of allylic oxidation sites excluding steroid dienone is 2. The van der Waals surface area contributed by atoms with Gasteiger partial charge in [0.2, 0.25) is 0 Å². The van der Waals surface area contributed by atoms with Crippen LogP contribution in [0.5, 0.6) is 0 Å². The summed E-state index contributed by atoms with van der Waals surface area (Å²) in [5.74, 6) is 0. The summed E-state index contributed by atoms with van der Waals surface area (Å²) in [6.45, 7) is 7.65. The molecule has 3 nitrogen and oxygen atoms in total. The number of rotatable bonds is 12. The molecule has 1 rings (SSSR count). The van der Waals surface area contributed by atoms with Crippen LogP contribution in [0.15, 0.2) is 17.1 Å². The molecule has 2 unspecified atom stereocenters. The zero-order chi connectivity index (χ0) is 15.4. The lowest BCUT2D eigenvalue weighted by Crippen LogP contribution is -2.53. The van der Waals surface area contributed by atoms with Gasteiger partial charge in [-0.1, -0.05) is 38.3 Å². The van der Waals surface area contributed by atoms with Crippen molar-refractivity contribution in [2.24, 2.45) is 4.99 Å². The SMILES string of the molecule is CCCCCC/C=C/CCCC1N=CC[N+]1(CC)CCO. The van der Waals surface area contributed by atoms with Crippen molar-refractivity contribution in [1.82, 2.24) is 0 Å². The molecule has 21 heavy (non-hydrogen) atoms. The number of aliphatic hydroxyl groups excluding tert-OH is 1. The van der Waals surface area contributed by atoms with E-state index in [0.29, 0.717) is 6.17 Å². The fraction of sp³-hybridized carbons (Fsp3) is 0.833. The van der Waals surface area contributed by atoms with Gasteiger partial charge in [-0.2, -0.15) is 0 Å². The minimum Gasteiger partial charge on any atom is -0.391 e. The highest BCUT2D eigenvalue weighted by molar-refractivity contribution is 5.60. The van der Waals surface area contributed by atoms with Gasteiger partial charge in [0.1, 0.15) is 13.1 Å². The standard InChI is InChI=1S/C18H35N2O/c1-3-5-6-7-8-9-10-11-12-13-18-19-14-15-20(18,4-2)16-17-21/h9-10,14,18,21H,3-8,11-13,15-17H2,1-2H3/q+1/b10-9+. The molecule has 0 radical (unpaired) electrons. The van der Waals surface area contributed by atoms with Crippen molar-refractivity contribution < 1.29 is 9.59 Å². The first kappa shape index (κ1) is 18.4. The maximum absolute atomic E-state index is 9.29. The number of aliphatic imine (C=N–C) groups is 1. The smallest absolute Gasteiger partial charge is 0.182 e. The van der Waals surface area contributed by atoms with E-state index in [2.05, 4.69) is 37.2 Å². The summed E-state index contributed by atoms with van der Waals surface area (Å²) in [6, 6.07) is 0. The highest BCUT2D eigenvalue weighted by Gasteiger charge is 2.36. The largest absolute Gasteiger partial charge is 0.391 e. The van der Waals surface area contributed by atoms with Crippen LogP contribution < -0.4 is 0 Å². The van der Waals surface area contributed by atoms with E-state index in [1.54, 1.807) is 0 Å². The predicted molar refractivity (Wildman–Crippen MR) is 91.7 cm³/mol. The molecule has 1 aliphatic heterocycles. The van der Waals surface area contributed by atoms with E-state index >= 15 is 0 Å². The third-order valence-electron chi connectivity index (χ3n) is 4.75. The van der Waals surface area contributed by atoms with Crippen LogP contribution in [0.4, 0.5) is 0 Å². The van der Waals surface area contributed by atoms with Crippen molar-refractivity contribution >= 4 is 6.21 Å². The molecular weight excluding hydrogens is 260 g/mol. The van der Waals surface area contributed by atoms with Gasteiger partial charge in [-0.3, -0.25) is 4.48 Å². The van der Waals surface area contributed by atoms with Gasteiger partial charge in [-0.25, -0.2) is 4.99 Å². The molecule has 1 N–H and O–H groups in total. The van der Waals surface area contributed by atoms with E-state index in [-0.39, 0.29) is 6.61 Å². The minimum atomic E-state index is 0.269. The monoisotopic (exact) mass is 295 g/mol. The van der Waals surface area contributed by atoms with Gasteiger partial charge in [-0.15, -0.1) is 0 Å². The highest BCUT2D eigenvalue weighted by atomic mass is 16.3. The van der Waals surface area contributed by atoms with Gasteiger partial charge in [0.15, 0.2) is 6.17 Å². The first-order chi connectivity index (χ1) is 10.3. The van der Waals surface area contributed by atoms with Gasteiger partial charge in [0, 0.05) is 6.42 Å². The Hall–Kier alpha value is -0.670. The second-order valence-corrected chi connectivity index (χ2v) is 6.23. The van der Waals surface area contributed by atoms with E-state index < -0.39 is 0 Å². The van der Waals surface area contributed by atoms with Crippen LogP contribution in [0.3, 0.4) is 0 Å². The molecular formula is C18H35N2O+. The molecule has 1 aliphatic rings. The fourth-order valence-electron chi connectivity index (χ4n) is 3.22. The number of likely N-dealkylation sites (N-methyl/N-ethyl adjacent to an activating group) is 1. The maximum atomic E-state index is 9.29. The summed E-state index contributed by atoms with van der Waals surface area (Å²) in [6.07, 6.45) is 17.3. The van der Waals surface area contributed by atoms with Crippen LogP contribution in [0.2, 0.25) is 0 Å². The summed E-state index contributed by atoms with van der Waals surface area (Å²) in [5, 5.41) is 9.29. The molecule has 0 aromatic heterocycles. The van der Waals surface area contributed by atoms with E-state index in [4.69, 9.17) is 0 Å². The molecule has 0 aliphatic carbocycles. The van der Waals surface area contributed by atoms with E-state index in [9.17, 15) is 5.11 Å². The molecule has 2 atom stereocenters. The lowest BCUT2D eigenvalue weighted by molar-refractivity contribution is -0.936. The van der Waals surface area contributed by atoms with E-state index in [0.717, 1.165) is 30.5 Å². The average molecular weight is 295 g/mol. The van der Waals surface area contributed by atoms with Gasteiger partial charge in [-0.05, 0) is 32.6 Å². The lowest BCUT2D eigenvalue weighted by atomic mass is 10.1. The van der Waals surface area contributed by atoms with E-state index in [1.165, 1.54) is 44.9 Å².